The van der Waals surface area contributed by atoms with Gasteiger partial charge in [-0.05, 0) is 28.6 Å². The van der Waals surface area contributed by atoms with Gasteiger partial charge in [-0.1, -0.05) is 42.5 Å². The molecule has 3 aromatic rings. The van der Waals surface area contributed by atoms with E-state index in [1.54, 1.807) is 6.20 Å². The van der Waals surface area contributed by atoms with Crippen molar-refractivity contribution in [3.63, 3.8) is 0 Å². The topological polar surface area (TPSA) is 71.2 Å². The van der Waals surface area contributed by atoms with Gasteiger partial charge < -0.3 is 11.1 Å². The summed E-state index contributed by atoms with van der Waals surface area (Å²) >= 11 is 0. The van der Waals surface area contributed by atoms with Crippen LogP contribution < -0.4 is 11.1 Å². The highest BCUT2D eigenvalue weighted by atomic mass is 16.1. The molecule has 3 N–H and O–H groups in total. The number of fused-ring (bicyclic) bond motifs is 1. The number of nitrogens with one attached hydrogen (secondary N) is 1. The second-order valence-electron chi connectivity index (χ2n) is 6.62. The summed E-state index contributed by atoms with van der Waals surface area (Å²) in [6, 6.07) is 17.9. The molecule has 1 aromatic heterocycles. The molecule has 0 aliphatic carbocycles. The van der Waals surface area contributed by atoms with Crippen molar-refractivity contribution in [1.29, 1.82) is 0 Å². The molecule has 1 aliphatic rings. The van der Waals surface area contributed by atoms with E-state index in [9.17, 15) is 4.79 Å². The molecule has 132 valence electrons. The van der Waals surface area contributed by atoms with Crippen molar-refractivity contribution in [2.75, 3.05) is 26.2 Å². The van der Waals surface area contributed by atoms with Crippen molar-refractivity contribution >= 4 is 16.7 Å². The number of primary amides is 1. The first kappa shape index (κ1) is 16.7. The summed E-state index contributed by atoms with van der Waals surface area (Å²) in [5, 5.41) is 5.45. The molecule has 1 fully saturated rings. The number of rotatable bonds is 4. The number of pyridine rings is 1. The van der Waals surface area contributed by atoms with Crippen LogP contribution in [0.2, 0.25) is 0 Å². The number of carbonyl (C=O) groups is 1. The number of hydrogen-bond donors (Lipinski definition) is 2. The third-order valence-corrected chi connectivity index (χ3v) is 5.20. The Morgan fingerprint density at radius 2 is 1.77 bits per heavy atom. The SMILES string of the molecule is NC(=O)C(c1ccccc1)(c1ccc2cnccc2c1)N1CCNCC1. The Bertz CT molecular complexity index is 921. The van der Waals surface area contributed by atoms with Crippen molar-refractivity contribution in [3.8, 4) is 0 Å². The number of piperazine rings is 1. The van der Waals surface area contributed by atoms with E-state index >= 15 is 0 Å². The molecule has 5 heteroatoms. The van der Waals surface area contributed by atoms with Gasteiger partial charge in [0.25, 0.3) is 0 Å². The number of aromatic nitrogens is 1. The molecule has 0 spiro atoms. The Hall–Kier alpha value is -2.76. The summed E-state index contributed by atoms with van der Waals surface area (Å²) in [5.74, 6) is -0.348. The van der Waals surface area contributed by atoms with Crippen LogP contribution in [0.25, 0.3) is 10.8 Å². The van der Waals surface area contributed by atoms with Gasteiger partial charge in [0.15, 0.2) is 5.54 Å². The molecule has 26 heavy (non-hydrogen) atoms. The number of hydrogen-bond acceptors (Lipinski definition) is 4. The summed E-state index contributed by atoms with van der Waals surface area (Å²) < 4.78 is 0. The maximum Gasteiger partial charge on any atom is 0.247 e. The highest BCUT2D eigenvalue weighted by Crippen LogP contribution is 2.37. The normalized spacial score (nSPS) is 17.7. The predicted octanol–water partition coefficient (Wildman–Crippen LogP) is 1.87. The molecular formula is C21H22N4O. The fraction of sp³-hybridized carbons (Fsp3) is 0.238. The number of benzene rings is 2. The predicted molar refractivity (Wildman–Crippen MR) is 103 cm³/mol. The van der Waals surface area contributed by atoms with Crippen molar-refractivity contribution in [3.05, 3.63) is 78.1 Å². The molecule has 1 unspecified atom stereocenters. The van der Waals surface area contributed by atoms with Crippen LogP contribution in [0.1, 0.15) is 11.1 Å². The van der Waals surface area contributed by atoms with E-state index in [1.165, 1.54) is 0 Å². The van der Waals surface area contributed by atoms with E-state index in [2.05, 4.69) is 21.3 Å². The number of nitrogens with zero attached hydrogens (tertiary/aromatic N) is 2. The van der Waals surface area contributed by atoms with Crippen LogP contribution in [0.4, 0.5) is 0 Å². The van der Waals surface area contributed by atoms with E-state index in [4.69, 9.17) is 5.73 Å². The van der Waals surface area contributed by atoms with Crippen LogP contribution in [-0.4, -0.2) is 42.0 Å². The van der Waals surface area contributed by atoms with E-state index in [-0.39, 0.29) is 5.91 Å². The summed E-state index contributed by atoms with van der Waals surface area (Å²) in [6.45, 7) is 3.18. The van der Waals surface area contributed by atoms with Gasteiger partial charge in [0.05, 0.1) is 0 Å². The van der Waals surface area contributed by atoms with Gasteiger partial charge in [0.2, 0.25) is 5.91 Å². The molecule has 1 aliphatic heterocycles. The lowest BCUT2D eigenvalue weighted by atomic mass is 9.79. The lowest BCUT2D eigenvalue weighted by Crippen LogP contribution is -2.60. The summed E-state index contributed by atoms with van der Waals surface area (Å²) in [7, 11) is 0. The Balaban J connectivity index is 1.97. The third kappa shape index (κ3) is 2.66. The van der Waals surface area contributed by atoms with Gasteiger partial charge in [0.1, 0.15) is 0 Å². The van der Waals surface area contributed by atoms with E-state index < -0.39 is 5.54 Å². The van der Waals surface area contributed by atoms with Crippen molar-refractivity contribution in [2.24, 2.45) is 5.73 Å². The van der Waals surface area contributed by atoms with Gasteiger partial charge in [-0.3, -0.25) is 14.7 Å². The standard InChI is InChI=1S/C21H22N4O/c22-20(26)21(18-4-2-1-3-5-18,25-12-10-23-11-13-25)19-7-6-17-15-24-9-8-16(17)14-19/h1-9,14-15,23H,10-13H2,(H2,22,26). The number of amides is 1. The summed E-state index contributed by atoms with van der Waals surface area (Å²) in [5.41, 5.74) is 6.92. The lowest BCUT2D eigenvalue weighted by molar-refractivity contribution is -0.128. The fourth-order valence-electron chi connectivity index (χ4n) is 3.96. The molecule has 2 aromatic carbocycles. The minimum atomic E-state index is -0.985. The molecule has 1 amide bonds. The molecule has 5 nitrogen and oxygen atoms in total. The third-order valence-electron chi connectivity index (χ3n) is 5.20. The molecule has 2 heterocycles. The zero-order chi connectivity index (χ0) is 18.0. The molecule has 0 radical (unpaired) electrons. The quantitative estimate of drug-likeness (QED) is 0.757. The van der Waals surface area contributed by atoms with Crippen LogP contribution in [0.3, 0.4) is 0 Å². The first-order chi connectivity index (χ1) is 12.7. The largest absolute Gasteiger partial charge is 0.367 e. The average Bonchev–Trinajstić information content (AvgIpc) is 2.70. The first-order valence-electron chi connectivity index (χ1n) is 8.88. The van der Waals surface area contributed by atoms with Gasteiger partial charge >= 0.3 is 0 Å². The Labute approximate surface area is 152 Å². The average molecular weight is 346 g/mol. The second-order valence-corrected chi connectivity index (χ2v) is 6.62. The molecule has 4 rings (SSSR count). The highest BCUT2D eigenvalue weighted by molar-refractivity contribution is 5.92. The zero-order valence-corrected chi connectivity index (χ0v) is 14.6. The maximum atomic E-state index is 13.0. The summed E-state index contributed by atoms with van der Waals surface area (Å²) in [4.78, 5) is 19.4. The van der Waals surface area contributed by atoms with Crippen LogP contribution in [0.5, 0.6) is 0 Å². The van der Waals surface area contributed by atoms with E-state index in [0.717, 1.165) is 48.1 Å². The minimum Gasteiger partial charge on any atom is -0.367 e. The molecular weight excluding hydrogens is 324 g/mol. The van der Waals surface area contributed by atoms with Crippen LogP contribution in [0.15, 0.2) is 67.0 Å². The minimum absolute atomic E-state index is 0.348. The number of carbonyl (C=O) groups excluding carboxylic acids is 1. The monoisotopic (exact) mass is 346 g/mol. The summed E-state index contributed by atoms with van der Waals surface area (Å²) in [6.07, 6.45) is 3.60. The lowest BCUT2D eigenvalue weighted by Gasteiger charge is -2.44. The Kier molecular flexibility index (Phi) is 4.41. The van der Waals surface area contributed by atoms with Crippen molar-refractivity contribution in [1.82, 2.24) is 15.2 Å². The van der Waals surface area contributed by atoms with Gasteiger partial charge in [-0.25, -0.2) is 0 Å². The fourth-order valence-corrected chi connectivity index (χ4v) is 3.96. The molecule has 0 bridgehead atoms. The van der Waals surface area contributed by atoms with E-state index in [1.807, 2.05) is 54.7 Å². The molecule has 1 atom stereocenters. The molecule has 0 saturated carbocycles. The maximum absolute atomic E-state index is 13.0. The van der Waals surface area contributed by atoms with Crippen molar-refractivity contribution in [2.45, 2.75) is 5.54 Å². The van der Waals surface area contributed by atoms with Gasteiger partial charge in [-0.2, -0.15) is 0 Å². The van der Waals surface area contributed by atoms with E-state index in [0.29, 0.717) is 0 Å². The Morgan fingerprint density at radius 1 is 1.00 bits per heavy atom. The van der Waals surface area contributed by atoms with Crippen LogP contribution >= 0.6 is 0 Å². The van der Waals surface area contributed by atoms with Gasteiger partial charge in [0, 0.05) is 44.0 Å². The van der Waals surface area contributed by atoms with Crippen LogP contribution in [-0.2, 0) is 10.3 Å². The molecule has 1 saturated heterocycles. The van der Waals surface area contributed by atoms with Crippen LogP contribution in [0, 0.1) is 0 Å². The number of nitrogens with two attached hydrogens (primary N) is 1. The second kappa shape index (κ2) is 6.86. The van der Waals surface area contributed by atoms with Gasteiger partial charge in [-0.15, -0.1) is 0 Å². The smallest absolute Gasteiger partial charge is 0.247 e. The van der Waals surface area contributed by atoms with Crippen molar-refractivity contribution < 1.29 is 4.79 Å². The Morgan fingerprint density at radius 3 is 2.50 bits per heavy atom. The first-order valence-corrected chi connectivity index (χ1v) is 8.88. The highest BCUT2D eigenvalue weighted by Gasteiger charge is 2.46. The zero-order valence-electron chi connectivity index (χ0n) is 14.6.